The molecule has 0 amide bonds. The van der Waals surface area contributed by atoms with Crippen LogP contribution in [0.4, 0.5) is 0 Å². The molecule has 62 valence electrons. The second kappa shape index (κ2) is 2.73. The third kappa shape index (κ3) is 1.08. The summed E-state index contributed by atoms with van der Waals surface area (Å²) >= 11 is 0. The van der Waals surface area contributed by atoms with E-state index in [9.17, 15) is 0 Å². The fourth-order valence-corrected chi connectivity index (χ4v) is 1.37. The second-order valence-electron chi connectivity index (χ2n) is 2.72. The van der Waals surface area contributed by atoms with Crippen molar-refractivity contribution in [2.45, 2.75) is 18.6 Å². The summed E-state index contributed by atoms with van der Waals surface area (Å²) in [6, 6.07) is 0. The predicted octanol–water partition coefficient (Wildman–Crippen LogP) is 0.906. The van der Waals surface area contributed by atoms with Gasteiger partial charge in [0.25, 0.3) is 0 Å². The zero-order valence-corrected chi connectivity index (χ0v) is 6.47. The second-order valence-corrected chi connectivity index (χ2v) is 2.72. The molecule has 2 fully saturated rings. The molecule has 3 heteroatoms. The molecule has 0 aromatic carbocycles. The Morgan fingerprint density at radius 3 is 2.55 bits per heavy atom. The zero-order chi connectivity index (χ0) is 7.73. The molecule has 0 bridgehead atoms. The monoisotopic (exact) mass is 156 g/mol. The highest BCUT2D eigenvalue weighted by Crippen LogP contribution is 2.43. The Kier molecular flexibility index (Phi) is 1.87. The molecule has 3 nitrogen and oxygen atoms in total. The van der Waals surface area contributed by atoms with Gasteiger partial charge in [0.1, 0.15) is 0 Å². The molecule has 1 atom stereocenters. The Hall–Kier alpha value is -0.120. The summed E-state index contributed by atoms with van der Waals surface area (Å²) in [6.07, 6.45) is 2.84. The van der Waals surface area contributed by atoms with Gasteiger partial charge in [0.15, 0.2) is 6.10 Å². The van der Waals surface area contributed by atoms with Gasteiger partial charge in [-0.1, -0.05) is 0 Å². The summed E-state index contributed by atoms with van der Waals surface area (Å²) < 4.78 is 15.9. The van der Waals surface area contributed by atoms with Crippen molar-refractivity contribution in [1.82, 2.24) is 0 Å². The average molecular weight is 156 g/mol. The van der Waals surface area contributed by atoms with E-state index in [4.69, 9.17) is 14.2 Å². The first-order valence-electron chi connectivity index (χ1n) is 3.94. The molecule has 2 aliphatic rings. The Morgan fingerprint density at radius 2 is 2.27 bits per heavy atom. The summed E-state index contributed by atoms with van der Waals surface area (Å²) in [6.45, 7) is 5.64. The van der Waals surface area contributed by atoms with Crippen molar-refractivity contribution in [3.63, 3.8) is 0 Å². The molecule has 0 saturated carbocycles. The molecular weight excluding hydrogens is 144 g/mol. The summed E-state index contributed by atoms with van der Waals surface area (Å²) in [7, 11) is 0. The third-order valence-electron chi connectivity index (χ3n) is 2.13. The van der Waals surface area contributed by atoms with Crippen LogP contribution in [0.15, 0.2) is 0 Å². The quantitative estimate of drug-likeness (QED) is 0.607. The van der Waals surface area contributed by atoms with Crippen LogP contribution in [0.3, 0.4) is 0 Å². The van der Waals surface area contributed by atoms with Crippen molar-refractivity contribution in [3.8, 4) is 0 Å². The summed E-state index contributed by atoms with van der Waals surface area (Å²) in [5, 5.41) is 0. The lowest BCUT2D eigenvalue weighted by Gasteiger charge is -2.48. The number of ether oxygens (including phenoxy) is 3. The average Bonchev–Trinajstić information content (AvgIpc) is 1.79. The molecule has 0 aromatic heterocycles. The fraction of sp³-hybridized carbons (Fsp3) is 0.750. The van der Waals surface area contributed by atoms with Gasteiger partial charge in [-0.25, -0.2) is 0 Å². The van der Waals surface area contributed by atoms with Gasteiger partial charge in [-0.05, 0) is 6.92 Å². The maximum Gasteiger partial charge on any atom is 0.203 e. The maximum absolute atomic E-state index is 5.37. The molecule has 2 rings (SSSR count). The van der Waals surface area contributed by atoms with E-state index in [0.29, 0.717) is 6.61 Å². The molecule has 0 spiro atoms. The van der Waals surface area contributed by atoms with E-state index in [1.54, 1.807) is 0 Å². The molecule has 2 saturated heterocycles. The van der Waals surface area contributed by atoms with Crippen molar-refractivity contribution >= 4 is 0 Å². The fourth-order valence-electron chi connectivity index (χ4n) is 1.37. The zero-order valence-electron chi connectivity index (χ0n) is 6.47. The van der Waals surface area contributed by atoms with Gasteiger partial charge >= 0.3 is 0 Å². The van der Waals surface area contributed by atoms with E-state index in [1.807, 2.05) is 0 Å². The maximum atomic E-state index is 5.37. The van der Waals surface area contributed by atoms with Crippen LogP contribution in [0.5, 0.6) is 0 Å². The summed E-state index contributed by atoms with van der Waals surface area (Å²) in [4.78, 5) is 0. The van der Waals surface area contributed by atoms with Gasteiger partial charge in [0, 0.05) is 12.8 Å². The first kappa shape index (κ1) is 7.53. The Labute approximate surface area is 66.6 Å². The van der Waals surface area contributed by atoms with E-state index in [1.165, 1.54) is 0 Å². The van der Waals surface area contributed by atoms with Crippen LogP contribution in [0, 0.1) is 13.0 Å². The van der Waals surface area contributed by atoms with Crippen LogP contribution in [0.2, 0.25) is 0 Å². The molecule has 0 aromatic rings. The summed E-state index contributed by atoms with van der Waals surface area (Å²) in [5.74, 6) is -0.500. The van der Waals surface area contributed by atoms with Crippen molar-refractivity contribution in [3.05, 3.63) is 13.0 Å². The normalized spacial score (nSPS) is 37.9. The predicted molar refractivity (Wildman–Crippen MR) is 38.4 cm³/mol. The lowest BCUT2D eigenvalue weighted by Crippen LogP contribution is -2.55. The SMILES string of the molecule is [CH2]COC1([C]2CCO2)CCO1. The standard InChI is InChI=1S/C8H12O3/c1-2-10-8(4-6-11-8)7-3-5-9-7/h1-6H2. The van der Waals surface area contributed by atoms with Crippen LogP contribution in [-0.2, 0) is 14.2 Å². The minimum Gasteiger partial charge on any atom is -0.366 e. The highest BCUT2D eigenvalue weighted by Gasteiger charge is 2.51. The van der Waals surface area contributed by atoms with Crippen LogP contribution in [0.1, 0.15) is 12.8 Å². The molecule has 1 unspecified atom stereocenters. The Bertz CT molecular complexity index is 138. The van der Waals surface area contributed by atoms with Crippen molar-refractivity contribution in [2.75, 3.05) is 19.8 Å². The molecule has 2 radical (unpaired) electrons. The first-order valence-corrected chi connectivity index (χ1v) is 3.94. The number of rotatable bonds is 3. The molecular formula is C8H12O3. The van der Waals surface area contributed by atoms with E-state index < -0.39 is 5.79 Å². The van der Waals surface area contributed by atoms with Gasteiger partial charge in [-0.2, -0.15) is 0 Å². The number of hydrogen-bond donors (Lipinski definition) is 0. The highest BCUT2D eigenvalue weighted by atomic mass is 16.7. The van der Waals surface area contributed by atoms with Gasteiger partial charge in [-0.15, -0.1) is 0 Å². The lowest BCUT2D eigenvalue weighted by atomic mass is 9.96. The smallest absolute Gasteiger partial charge is 0.203 e. The topological polar surface area (TPSA) is 27.7 Å². The molecule has 11 heavy (non-hydrogen) atoms. The van der Waals surface area contributed by atoms with E-state index in [0.717, 1.165) is 32.2 Å². The van der Waals surface area contributed by atoms with E-state index in [2.05, 4.69) is 6.92 Å². The molecule has 2 aliphatic heterocycles. The van der Waals surface area contributed by atoms with E-state index >= 15 is 0 Å². The van der Waals surface area contributed by atoms with Crippen molar-refractivity contribution < 1.29 is 14.2 Å². The van der Waals surface area contributed by atoms with Crippen molar-refractivity contribution in [1.29, 1.82) is 0 Å². The Balaban J connectivity index is 1.92. The first-order chi connectivity index (χ1) is 5.37. The third-order valence-corrected chi connectivity index (χ3v) is 2.13. The van der Waals surface area contributed by atoms with Gasteiger partial charge < -0.3 is 14.2 Å². The van der Waals surface area contributed by atoms with Crippen LogP contribution < -0.4 is 0 Å². The lowest BCUT2D eigenvalue weighted by molar-refractivity contribution is -0.331. The minimum atomic E-state index is -0.500. The molecule has 0 aliphatic carbocycles. The minimum absolute atomic E-state index is 0.437. The van der Waals surface area contributed by atoms with Crippen LogP contribution >= 0.6 is 0 Å². The van der Waals surface area contributed by atoms with Gasteiger partial charge in [0.2, 0.25) is 5.79 Å². The molecule has 2 heterocycles. The Morgan fingerprint density at radius 1 is 1.55 bits per heavy atom. The van der Waals surface area contributed by atoms with Crippen LogP contribution in [-0.4, -0.2) is 25.6 Å². The summed E-state index contributed by atoms with van der Waals surface area (Å²) in [5.41, 5.74) is 0. The largest absolute Gasteiger partial charge is 0.366 e. The van der Waals surface area contributed by atoms with E-state index in [-0.39, 0.29) is 0 Å². The highest BCUT2D eigenvalue weighted by molar-refractivity contribution is 5.05. The number of hydrogen-bond acceptors (Lipinski definition) is 3. The van der Waals surface area contributed by atoms with Gasteiger partial charge in [0.05, 0.1) is 19.8 Å². The van der Waals surface area contributed by atoms with Gasteiger partial charge in [-0.3, -0.25) is 0 Å². The van der Waals surface area contributed by atoms with Crippen molar-refractivity contribution in [2.24, 2.45) is 0 Å². The molecule has 0 N–H and O–H groups in total. The van der Waals surface area contributed by atoms with Crippen LogP contribution in [0.25, 0.3) is 0 Å².